The van der Waals surface area contributed by atoms with E-state index in [1.54, 1.807) is 0 Å². The maximum Gasteiger partial charge on any atom is 0.354 e. The second-order valence-corrected chi connectivity index (χ2v) is 8.68. The molecule has 1 saturated heterocycles. The highest BCUT2D eigenvalue weighted by Crippen LogP contribution is 2.27. The quantitative estimate of drug-likeness (QED) is 0.182. The van der Waals surface area contributed by atoms with Gasteiger partial charge in [-0.1, -0.05) is 6.07 Å². The molecule has 1 aromatic carbocycles. The van der Waals surface area contributed by atoms with E-state index in [0.717, 1.165) is 23.5 Å². The number of hydrogen-bond donors (Lipinski definition) is 6. The van der Waals surface area contributed by atoms with Crippen molar-refractivity contribution in [3.05, 3.63) is 57.8 Å². The summed E-state index contributed by atoms with van der Waals surface area (Å²) < 4.78 is 0. The van der Waals surface area contributed by atoms with Crippen molar-refractivity contribution in [3.63, 3.8) is 0 Å². The van der Waals surface area contributed by atoms with Crippen LogP contribution in [0.1, 0.15) is 36.9 Å². The van der Waals surface area contributed by atoms with E-state index in [1.165, 1.54) is 36.4 Å². The molecule has 0 radical (unpaired) electrons. The molecule has 13 heteroatoms. The van der Waals surface area contributed by atoms with E-state index in [9.17, 15) is 24.3 Å². The molecule has 11 nitrogen and oxygen atoms in total. The number of aromatic nitrogens is 1. The standard InChI is InChI=1S/C20H16N4O7S2/c21-20-24-17(27)15(33-20)6-9-1-2-14(25)11(5-9)16(26)22-3-4-32-10-7-12(18(28)29)23-13(8-10)19(30)31/h1-2,5-8,25H,3-4H2,(H,22,26)(H,28,29)(H,30,31)(H2,21,24,27). The summed E-state index contributed by atoms with van der Waals surface area (Å²) >= 11 is 2.08. The Morgan fingerprint density at radius 2 is 1.82 bits per heavy atom. The van der Waals surface area contributed by atoms with Gasteiger partial charge in [0.1, 0.15) is 17.1 Å². The van der Waals surface area contributed by atoms with Gasteiger partial charge in [-0.3, -0.25) is 15.0 Å². The number of amides is 2. The maximum atomic E-state index is 12.5. The molecule has 0 saturated carbocycles. The van der Waals surface area contributed by atoms with Gasteiger partial charge < -0.3 is 26.0 Å². The van der Waals surface area contributed by atoms with Gasteiger partial charge in [-0.25, -0.2) is 14.6 Å². The Morgan fingerprint density at radius 1 is 1.15 bits per heavy atom. The van der Waals surface area contributed by atoms with Gasteiger partial charge in [0, 0.05) is 17.2 Å². The van der Waals surface area contributed by atoms with Gasteiger partial charge in [0.25, 0.3) is 11.8 Å². The number of aromatic carboxylic acids is 2. The third-order valence-electron chi connectivity index (χ3n) is 4.12. The number of phenols is 1. The molecule has 1 fully saturated rings. The fraction of sp³-hybridized carbons (Fsp3) is 0.100. The molecular weight excluding hydrogens is 472 g/mol. The average Bonchev–Trinajstić information content (AvgIpc) is 3.08. The van der Waals surface area contributed by atoms with Gasteiger partial charge in [-0.15, -0.1) is 11.8 Å². The van der Waals surface area contributed by atoms with E-state index in [4.69, 9.17) is 15.6 Å². The highest BCUT2D eigenvalue weighted by molar-refractivity contribution is 8.18. The number of amidine groups is 1. The van der Waals surface area contributed by atoms with E-state index in [2.05, 4.69) is 15.6 Å². The van der Waals surface area contributed by atoms with Crippen LogP contribution in [0.25, 0.3) is 6.08 Å². The van der Waals surface area contributed by atoms with Crippen molar-refractivity contribution >= 4 is 58.5 Å². The maximum absolute atomic E-state index is 12.5. The average molecular weight is 489 g/mol. The summed E-state index contributed by atoms with van der Waals surface area (Å²) in [7, 11) is 0. The first-order valence-corrected chi connectivity index (χ1v) is 11.0. The van der Waals surface area contributed by atoms with Gasteiger partial charge in [-0.2, -0.15) is 0 Å². The number of rotatable bonds is 8. The van der Waals surface area contributed by atoms with Crippen LogP contribution in [0.3, 0.4) is 0 Å². The topological polar surface area (TPSA) is 190 Å². The zero-order valence-electron chi connectivity index (χ0n) is 16.6. The zero-order chi connectivity index (χ0) is 24.1. The van der Waals surface area contributed by atoms with Crippen LogP contribution < -0.4 is 10.6 Å². The van der Waals surface area contributed by atoms with Crippen molar-refractivity contribution < 1.29 is 34.5 Å². The van der Waals surface area contributed by atoms with Crippen LogP contribution in [0.15, 0.2) is 40.1 Å². The summed E-state index contributed by atoms with van der Waals surface area (Å²) in [5, 5.41) is 40.6. The van der Waals surface area contributed by atoms with Crippen LogP contribution >= 0.6 is 23.5 Å². The summed E-state index contributed by atoms with van der Waals surface area (Å²) in [4.78, 5) is 50.7. The number of carbonyl (C=O) groups excluding carboxylic acids is 2. The number of phenolic OH excluding ortho intramolecular Hbond substituents is 1. The molecule has 6 N–H and O–H groups in total. The minimum atomic E-state index is -1.36. The molecular formula is C20H16N4O7S2. The molecule has 0 spiro atoms. The van der Waals surface area contributed by atoms with E-state index < -0.39 is 35.1 Å². The van der Waals surface area contributed by atoms with Crippen LogP contribution in [-0.2, 0) is 4.79 Å². The van der Waals surface area contributed by atoms with Crippen molar-refractivity contribution in [2.24, 2.45) is 0 Å². The molecule has 2 heterocycles. The minimum absolute atomic E-state index is 0.000595. The number of nitrogens with one attached hydrogen (secondary N) is 3. The molecule has 1 aliphatic heterocycles. The van der Waals surface area contributed by atoms with E-state index in [-0.39, 0.29) is 33.7 Å². The predicted molar refractivity (Wildman–Crippen MR) is 121 cm³/mol. The van der Waals surface area contributed by atoms with E-state index in [1.807, 2.05) is 0 Å². The van der Waals surface area contributed by atoms with Crippen molar-refractivity contribution in [2.75, 3.05) is 12.3 Å². The van der Waals surface area contributed by atoms with Crippen molar-refractivity contribution in [1.82, 2.24) is 15.6 Å². The summed E-state index contributed by atoms with van der Waals surface area (Å²) in [6.07, 6.45) is 1.50. The summed E-state index contributed by atoms with van der Waals surface area (Å²) in [5.41, 5.74) is -0.333. The summed E-state index contributed by atoms with van der Waals surface area (Å²) in [6.45, 7) is 0.136. The highest BCUT2D eigenvalue weighted by Gasteiger charge is 2.22. The second-order valence-electron chi connectivity index (χ2n) is 6.46. The lowest BCUT2D eigenvalue weighted by Crippen LogP contribution is -2.25. The number of carboxylic acid groups (broad SMARTS) is 2. The van der Waals surface area contributed by atoms with E-state index in [0.29, 0.717) is 10.5 Å². The number of pyridine rings is 1. The first-order valence-electron chi connectivity index (χ1n) is 9.16. The van der Waals surface area contributed by atoms with Crippen LogP contribution in [0.5, 0.6) is 5.75 Å². The van der Waals surface area contributed by atoms with E-state index >= 15 is 0 Å². The Bertz CT molecular complexity index is 1180. The number of aromatic hydroxyl groups is 1. The summed E-state index contributed by atoms with van der Waals surface area (Å²) in [5.74, 6) is -3.68. The predicted octanol–water partition coefficient (Wildman–Crippen LogP) is 1.84. The van der Waals surface area contributed by atoms with Gasteiger partial charge in [-0.05, 0) is 47.7 Å². The third kappa shape index (κ3) is 6.11. The first-order chi connectivity index (χ1) is 15.6. The van der Waals surface area contributed by atoms with Crippen LogP contribution in [0.2, 0.25) is 0 Å². The van der Waals surface area contributed by atoms with Gasteiger partial charge >= 0.3 is 11.9 Å². The Morgan fingerprint density at radius 3 is 2.39 bits per heavy atom. The van der Waals surface area contributed by atoms with Crippen LogP contribution in [0.4, 0.5) is 0 Å². The monoisotopic (exact) mass is 488 g/mol. The Balaban J connectivity index is 1.63. The molecule has 0 aliphatic carbocycles. The largest absolute Gasteiger partial charge is 0.507 e. The Hall–Kier alpha value is -3.84. The van der Waals surface area contributed by atoms with Crippen molar-refractivity contribution in [2.45, 2.75) is 4.90 Å². The second kappa shape index (κ2) is 10.2. The Kier molecular flexibility index (Phi) is 7.35. The number of thioether (sulfide) groups is 2. The molecule has 1 aromatic heterocycles. The molecule has 1 aliphatic rings. The summed E-state index contributed by atoms with van der Waals surface area (Å²) in [6, 6.07) is 6.72. The molecule has 2 aromatic rings. The molecule has 3 rings (SSSR count). The van der Waals surface area contributed by atoms with Gasteiger partial charge in [0.15, 0.2) is 5.17 Å². The smallest absolute Gasteiger partial charge is 0.354 e. The SMILES string of the molecule is N=C1NC(=O)C(=Cc2ccc(O)c(C(=O)NCCSc3cc(C(=O)O)nc(C(=O)O)c3)c2)S1. The first kappa shape index (κ1) is 23.8. The minimum Gasteiger partial charge on any atom is -0.507 e. The van der Waals surface area contributed by atoms with Gasteiger partial charge in [0.05, 0.1) is 10.5 Å². The fourth-order valence-electron chi connectivity index (χ4n) is 2.65. The third-order valence-corrected chi connectivity index (χ3v) is 5.93. The number of hydrogen-bond acceptors (Lipinski definition) is 9. The number of carbonyl (C=O) groups is 4. The number of carboxylic acids is 2. The Labute approximate surface area is 194 Å². The highest BCUT2D eigenvalue weighted by atomic mass is 32.2. The molecule has 33 heavy (non-hydrogen) atoms. The lowest BCUT2D eigenvalue weighted by Gasteiger charge is -2.09. The molecule has 0 unspecified atom stereocenters. The zero-order valence-corrected chi connectivity index (χ0v) is 18.2. The molecule has 0 bridgehead atoms. The number of benzene rings is 1. The molecule has 170 valence electrons. The lowest BCUT2D eigenvalue weighted by molar-refractivity contribution is -0.115. The van der Waals surface area contributed by atoms with Crippen LogP contribution in [0, 0.1) is 5.41 Å². The van der Waals surface area contributed by atoms with Gasteiger partial charge in [0.2, 0.25) is 0 Å². The molecule has 0 atom stereocenters. The number of nitrogens with zero attached hydrogens (tertiary/aromatic N) is 1. The molecule has 2 amide bonds. The lowest BCUT2D eigenvalue weighted by atomic mass is 10.1. The fourth-order valence-corrected chi connectivity index (χ4v) is 4.19. The van der Waals surface area contributed by atoms with Crippen LogP contribution in [-0.4, -0.2) is 61.5 Å². The van der Waals surface area contributed by atoms with Crippen molar-refractivity contribution in [1.29, 1.82) is 5.41 Å². The van der Waals surface area contributed by atoms with Crippen molar-refractivity contribution in [3.8, 4) is 5.75 Å². The normalized spacial score (nSPS) is 14.2.